The molecule has 2 heterocycles. The van der Waals surface area contributed by atoms with Crippen LogP contribution in [0.5, 0.6) is 0 Å². The van der Waals surface area contributed by atoms with E-state index in [4.69, 9.17) is 0 Å². The maximum Gasteiger partial charge on any atom is 0.231 e. The number of nitrogens with zero attached hydrogens (tertiary/aromatic N) is 3. The molecule has 1 aliphatic heterocycles. The molecule has 90 valence electrons. The van der Waals surface area contributed by atoms with Crippen molar-refractivity contribution in [3.63, 3.8) is 0 Å². The fourth-order valence-electron chi connectivity index (χ4n) is 2.08. The molecule has 1 aromatic heterocycles. The first kappa shape index (κ1) is 10.6. The van der Waals surface area contributed by atoms with Crippen molar-refractivity contribution in [2.24, 2.45) is 5.92 Å². The summed E-state index contributed by atoms with van der Waals surface area (Å²) in [7, 11) is 0. The topological polar surface area (TPSA) is 75.2 Å². The number of anilines is 1. The van der Waals surface area contributed by atoms with E-state index in [9.17, 15) is 9.59 Å². The predicted octanol–water partition coefficient (Wildman–Crippen LogP) is 0.487. The van der Waals surface area contributed by atoms with Gasteiger partial charge in [-0.15, -0.1) is 10.2 Å². The molecule has 1 saturated carbocycles. The van der Waals surface area contributed by atoms with Crippen LogP contribution in [-0.4, -0.2) is 39.5 Å². The highest BCUT2D eigenvalue weighted by molar-refractivity contribution is 7.13. The number of nitrogens with one attached hydrogen (secondary N) is 1. The van der Waals surface area contributed by atoms with Crippen molar-refractivity contribution in [2.75, 3.05) is 11.9 Å². The van der Waals surface area contributed by atoms with Crippen LogP contribution in [0.15, 0.2) is 5.51 Å². The third-order valence-electron chi connectivity index (χ3n) is 3.11. The summed E-state index contributed by atoms with van der Waals surface area (Å²) < 4.78 is 0. The van der Waals surface area contributed by atoms with Gasteiger partial charge in [-0.1, -0.05) is 11.3 Å². The molecule has 1 aliphatic carbocycles. The number of carbonyl (C=O) groups is 2. The van der Waals surface area contributed by atoms with Crippen molar-refractivity contribution in [2.45, 2.75) is 25.3 Å². The fourth-order valence-corrected chi connectivity index (χ4v) is 2.53. The van der Waals surface area contributed by atoms with E-state index < -0.39 is 0 Å². The van der Waals surface area contributed by atoms with E-state index in [1.54, 1.807) is 5.51 Å². The van der Waals surface area contributed by atoms with Crippen LogP contribution in [-0.2, 0) is 9.59 Å². The van der Waals surface area contributed by atoms with Crippen LogP contribution in [0.25, 0.3) is 0 Å². The number of carbonyl (C=O) groups excluding carboxylic acids is 2. The highest BCUT2D eigenvalue weighted by Gasteiger charge is 2.41. The molecule has 2 aliphatic rings. The Morgan fingerprint density at radius 2 is 2.35 bits per heavy atom. The summed E-state index contributed by atoms with van der Waals surface area (Å²) in [6.45, 7) is 0.550. The van der Waals surface area contributed by atoms with Crippen molar-refractivity contribution >= 4 is 28.3 Å². The minimum absolute atomic E-state index is 0.102. The van der Waals surface area contributed by atoms with Crippen molar-refractivity contribution in [1.82, 2.24) is 15.1 Å². The lowest BCUT2D eigenvalue weighted by Crippen LogP contribution is -2.29. The molecule has 2 fully saturated rings. The Bertz CT molecular complexity index is 443. The number of likely N-dealkylation sites (tertiary alicyclic amines) is 1. The van der Waals surface area contributed by atoms with E-state index in [0.717, 1.165) is 12.8 Å². The van der Waals surface area contributed by atoms with Gasteiger partial charge in [-0.3, -0.25) is 9.59 Å². The SMILES string of the molecule is O=C(Nc1nncs1)[C@@H]1CC(=O)N(C2CC2)C1. The Kier molecular flexibility index (Phi) is 2.54. The molecule has 7 heteroatoms. The Labute approximate surface area is 102 Å². The van der Waals surface area contributed by atoms with Gasteiger partial charge in [0.2, 0.25) is 16.9 Å². The van der Waals surface area contributed by atoms with Gasteiger partial charge in [0.05, 0.1) is 5.92 Å². The first-order valence-corrected chi connectivity index (χ1v) is 6.48. The van der Waals surface area contributed by atoms with Gasteiger partial charge in [-0.2, -0.15) is 0 Å². The van der Waals surface area contributed by atoms with E-state index in [1.807, 2.05) is 4.90 Å². The van der Waals surface area contributed by atoms with E-state index in [1.165, 1.54) is 11.3 Å². The normalized spacial score (nSPS) is 24.1. The first-order chi connectivity index (χ1) is 8.24. The number of rotatable bonds is 3. The molecule has 0 radical (unpaired) electrons. The second kappa shape index (κ2) is 4.06. The summed E-state index contributed by atoms with van der Waals surface area (Å²) in [6.07, 6.45) is 2.48. The van der Waals surface area contributed by atoms with Crippen LogP contribution in [0, 0.1) is 5.92 Å². The highest BCUT2D eigenvalue weighted by atomic mass is 32.1. The molecule has 2 amide bonds. The molecule has 1 N–H and O–H groups in total. The van der Waals surface area contributed by atoms with Gasteiger partial charge < -0.3 is 10.2 Å². The van der Waals surface area contributed by atoms with E-state index in [2.05, 4.69) is 15.5 Å². The third kappa shape index (κ3) is 2.14. The van der Waals surface area contributed by atoms with Gasteiger partial charge in [0.25, 0.3) is 0 Å². The minimum Gasteiger partial charge on any atom is -0.339 e. The lowest BCUT2D eigenvalue weighted by atomic mass is 10.1. The quantitative estimate of drug-likeness (QED) is 0.849. The second-order valence-electron chi connectivity index (χ2n) is 4.41. The lowest BCUT2D eigenvalue weighted by molar-refractivity contribution is -0.128. The van der Waals surface area contributed by atoms with Gasteiger partial charge >= 0.3 is 0 Å². The molecular formula is C10H12N4O2S. The van der Waals surface area contributed by atoms with Crippen molar-refractivity contribution in [1.29, 1.82) is 0 Å². The predicted molar refractivity (Wildman–Crippen MR) is 61.4 cm³/mol. The molecule has 1 aromatic rings. The average molecular weight is 252 g/mol. The van der Waals surface area contributed by atoms with Gasteiger partial charge in [-0.25, -0.2) is 0 Å². The standard InChI is InChI=1S/C10H12N4O2S/c15-8-3-6(4-14(8)7-1-2-7)9(16)12-10-13-11-5-17-10/h5-7H,1-4H2,(H,12,13,16)/t6-/m1/s1. The molecule has 17 heavy (non-hydrogen) atoms. The monoisotopic (exact) mass is 252 g/mol. The van der Waals surface area contributed by atoms with Crippen LogP contribution in [0.3, 0.4) is 0 Å². The smallest absolute Gasteiger partial charge is 0.231 e. The lowest BCUT2D eigenvalue weighted by Gasteiger charge is -2.14. The van der Waals surface area contributed by atoms with Crippen LogP contribution < -0.4 is 5.32 Å². The van der Waals surface area contributed by atoms with Crippen molar-refractivity contribution in [3.05, 3.63) is 5.51 Å². The number of hydrogen-bond donors (Lipinski definition) is 1. The zero-order chi connectivity index (χ0) is 11.8. The third-order valence-corrected chi connectivity index (χ3v) is 3.71. The van der Waals surface area contributed by atoms with Gasteiger partial charge in [0.15, 0.2) is 0 Å². The van der Waals surface area contributed by atoms with Gasteiger partial charge in [-0.05, 0) is 12.8 Å². The van der Waals surface area contributed by atoms with Crippen LogP contribution in [0.1, 0.15) is 19.3 Å². The summed E-state index contributed by atoms with van der Waals surface area (Å²) in [4.78, 5) is 25.4. The van der Waals surface area contributed by atoms with E-state index in [-0.39, 0.29) is 17.7 Å². The minimum atomic E-state index is -0.244. The zero-order valence-corrected chi connectivity index (χ0v) is 9.94. The summed E-state index contributed by atoms with van der Waals surface area (Å²) in [5, 5.41) is 10.6. The number of hydrogen-bond acceptors (Lipinski definition) is 5. The summed E-state index contributed by atoms with van der Waals surface area (Å²) in [6, 6.07) is 0.391. The van der Waals surface area contributed by atoms with Crippen LogP contribution in [0.2, 0.25) is 0 Å². The molecule has 1 saturated heterocycles. The van der Waals surface area contributed by atoms with E-state index >= 15 is 0 Å². The number of amides is 2. The zero-order valence-electron chi connectivity index (χ0n) is 9.13. The fraction of sp³-hybridized carbons (Fsp3) is 0.600. The molecule has 0 spiro atoms. The second-order valence-corrected chi connectivity index (χ2v) is 5.24. The Balaban J connectivity index is 1.61. The van der Waals surface area contributed by atoms with Crippen molar-refractivity contribution < 1.29 is 9.59 Å². The van der Waals surface area contributed by atoms with Gasteiger partial charge in [0.1, 0.15) is 5.51 Å². The average Bonchev–Trinajstić information content (AvgIpc) is 2.87. The molecule has 0 aromatic carbocycles. The maximum atomic E-state index is 11.9. The van der Waals surface area contributed by atoms with E-state index in [0.29, 0.717) is 24.1 Å². The molecule has 3 rings (SSSR count). The van der Waals surface area contributed by atoms with Crippen LogP contribution in [0.4, 0.5) is 5.13 Å². The van der Waals surface area contributed by atoms with Crippen molar-refractivity contribution in [3.8, 4) is 0 Å². The molecule has 1 atom stereocenters. The molecule has 6 nitrogen and oxygen atoms in total. The molecule has 0 unspecified atom stereocenters. The largest absolute Gasteiger partial charge is 0.339 e. The Morgan fingerprint density at radius 1 is 1.53 bits per heavy atom. The van der Waals surface area contributed by atoms with Gasteiger partial charge in [0, 0.05) is 19.0 Å². The highest BCUT2D eigenvalue weighted by Crippen LogP contribution is 2.32. The summed E-state index contributed by atoms with van der Waals surface area (Å²) in [5.41, 5.74) is 1.56. The number of aromatic nitrogens is 2. The summed E-state index contributed by atoms with van der Waals surface area (Å²) >= 11 is 1.28. The Hall–Kier alpha value is -1.50. The molecule has 0 bridgehead atoms. The first-order valence-electron chi connectivity index (χ1n) is 5.60. The maximum absolute atomic E-state index is 11.9. The van der Waals surface area contributed by atoms with Crippen LogP contribution >= 0.6 is 11.3 Å². The Morgan fingerprint density at radius 3 is 3.00 bits per heavy atom. The molecular weight excluding hydrogens is 240 g/mol. The summed E-state index contributed by atoms with van der Waals surface area (Å²) in [5.74, 6) is -0.268.